The molecule has 0 fully saturated rings. The Balaban J connectivity index is 1.77. The largest absolute Gasteiger partial charge is 0.464 e. The second kappa shape index (κ2) is 12.0. The molecule has 0 aliphatic rings. The van der Waals surface area contributed by atoms with E-state index < -0.39 is 11.7 Å². The third-order valence-corrected chi connectivity index (χ3v) is 5.29. The predicted octanol–water partition coefficient (Wildman–Crippen LogP) is 4.09. The summed E-state index contributed by atoms with van der Waals surface area (Å²) in [5, 5.41) is 0. The van der Waals surface area contributed by atoms with Crippen LogP contribution in [0.25, 0.3) is 0 Å². The van der Waals surface area contributed by atoms with E-state index >= 15 is 0 Å². The Bertz CT molecular complexity index is 1050. The maximum Gasteiger partial charge on any atom is 0.257 e. The number of aryl methyl sites for hydroxylation is 1. The van der Waals surface area contributed by atoms with Gasteiger partial charge in [-0.05, 0) is 43.2 Å². The minimum absolute atomic E-state index is 0.0705. The minimum Gasteiger partial charge on any atom is -0.464 e. The molecule has 0 atom stereocenters. The molecule has 0 aliphatic carbocycles. The highest BCUT2D eigenvalue weighted by Crippen LogP contribution is 2.14. The summed E-state index contributed by atoms with van der Waals surface area (Å²) >= 11 is 0. The van der Waals surface area contributed by atoms with Gasteiger partial charge in [0, 0.05) is 20.2 Å². The fourth-order valence-electron chi connectivity index (χ4n) is 3.48. The van der Waals surface area contributed by atoms with Gasteiger partial charge in [-0.1, -0.05) is 42.5 Å². The molecule has 0 unspecified atom stereocenters. The Kier molecular flexibility index (Phi) is 8.78. The van der Waals surface area contributed by atoms with Crippen molar-refractivity contribution in [2.75, 3.05) is 33.4 Å². The summed E-state index contributed by atoms with van der Waals surface area (Å²) in [4.78, 5) is 29.3. The van der Waals surface area contributed by atoms with Crippen molar-refractivity contribution in [1.82, 2.24) is 9.80 Å². The first-order chi connectivity index (χ1) is 16.0. The molecule has 0 bridgehead atoms. The van der Waals surface area contributed by atoms with E-state index in [0.717, 1.165) is 11.3 Å². The zero-order chi connectivity index (χ0) is 23.6. The lowest BCUT2D eigenvalue weighted by molar-refractivity contribution is -0.132. The number of methoxy groups -OCH3 is 1. The van der Waals surface area contributed by atoms with Gasteiger partial charge in [-0.2, -0.15) is 0 Å². The van der Waals surface area contributed by atoms with Crippen molar-refractivity contribution in [3.63, 3.8) is 0 Å². The second-order valence-corrected chi connectivity index (χ2v) is 7.76. The van der Waals surface area contributed by atoms with Crippen LogP contribution in [0.3, 0.4) is 0 Å². The van der Waals surface area contributed by atoms with Crippen LogP contribution in [0.2, 0.25) is 0 Å². The number of nitrogens with zero attached hydrogens (tertiary/aromatic N) is 2. The van der Waals surface area contributed by atoms with Crippen LogP contribution in [0.5, 0.6) is 0 Å². The Morgan fingerprint density at radius 2 is 1.67 bits per heavy atom. The first-order valence-electron chi connectivity index (χ1n) is 10.9. The number of halogens is 1. The summed E-state index contributed by atoms with van der Waals surface area (Å²) in [7, 11) is 1.51. The molecule has 0 N–H and O–H groups in total. The molecule has 174 valence electrons. The summed E-state index contributed by atoms with van der Waals surface area (Å²) in [6, 6.07) is 19.3. The van der Waals surface area contributed by atoms with Crippen LogP contribution in [0.1, 0.15) is 27.4 Å². The normalized spacial score (nSPS) is 10.8. The molecule has 0 aliphatic heterocycles. The predicted molar refractivity (Wildman–Crippen MR) is 123 cm³/mol. The Hall–Kier alpha value is -3.45. The van der Waals surface area contributed by atoms with E-state index in [1.807, 2.05) is 49.4 Å². The standard InChI is InChI=1S/C26H29FN2O4/c1-20-12-13-22(33-20)18-28(15-14-21-8-4-3-5-9-21)25(30)19-29(16-17-32-2)26(31)23-10-6-7-11-24(23)27/h3-13H,14-19H2,1-2H3. The van der Waals surface area contributed by atoms with Crippen molar-refractivity contribution in [1.29, 1.82) is 0 Å². The van der Waals surface area contributed by atoms with E-state index in [9.17, 15) is 14.0 Å². The number of amides is 2. The van der Waals surface area contributed by atoms with Gasteiger partial charge in [0.05, 0.1) is 18.7 Å². The van der Waals surface area contributed by atoms with E-state index in [1.54, 1.807) is 11.0 Å². The van der Waals surface area contributed by atoms with Gasteiger partial charge in [0.25, 0.3) is 5.91 Å². The number of rotatable bonds is 11. The number of carbonyl (C=O) groups is 2. The maximum atomic E-state index is 14.2. The van der Waals surface area contributed by atoms with Gasteiger partial charge in [-0.15, -0.1) is 0 Å². The first-order valence-corrected chi connectivity index (χ1v) is 10.9. The molecule has 0 spiro atoms. The van der Waals surface area contributed by atoms with E-state index in [2.05, 4.69) is 0 Å². The lowest BCUT2D eigenvalue weighted by Gasteiger charge is -2.27. The average molecular weight is 453 g/mol. The second-order valence-electron chi connectivity index (χ2n) is 7.76. The van der Waals surface area contributed by atoms with Gasteiger partial charge in [0.15, 0.2) is 0 Å². The smallest absolute Gasteiger partial charge is 0.257 e. The molecule has 3 aromatic rings. The lowest BCUT2D eigenvalue weighted by Crippen LogP contribution is -2.44. The van der Waals surface area contributed by atoms with Crippen molar-refractivity contribution in [3.8, 4) is 0 Å². The number of furan rings is 1. The van der Waals surface area contributed by atoms with Gasteiger partial charge in [-0.3, -0.25) is 9.59 Å². The molecule has 3 rings (SSSR count). The summed E-state index contributed by atoms with van der Waals surface area (Å²) in [5.41, 5.74) is 1.03. The molecular formula is C26H29FN2O4. The molecule has 6 nitrogen and oxygen atoms in total. The molecular weight excluding hydrogens is 423 g/mol. The van der Waals surface area contributed by atoms with Gasteiger partial charge in [0.1, 0.15) is 23.9 Å². The van der Waals surface area contributed by atoms with Gasteiger partial charge in [-0.25, -0.2) is 4.39 Å². The maximum absolute atomic E-state index is 14.2. The summed E-state index contributed by atoms with van der Waals surface area (Å²) in [6.07, 6.45) is 0.658. The quantitative estimate of drug-likeness (QED) is 0.440. The van der Waals surface area contributed by atoms with Crippen molar-refractivity contribution in [3.05, 3.63) is 95.2 Å². The van der Waals surface area contributed by atoms with E-state index in [4.69, 9.17) is 9.15 Å². The molecule has 2 amide bonds. The molecule has 1 aromatic heterocycles. The molecule has 2 aromatic carbocycles. The van der Waals surface area contributed by atoms with Crippen LogP contribution in [-0.4, -0.2) is 55.0 Å². The van der Waals surface area contributed by atoms with Crippen LogP contribution in [-0.2, 0) is 22.5 Å². The molecule has 33 heavy (non-hydrogen) atoms. The number of benzene rings is 2. The minimum atomic E-state index is -0.621. The van der Waals surface area contributed by atoms with Crippen molar-refractivity contribution >= 4 is 11.8 Å². The number of carbonyl (C=O) groups excluding carboxylic acids is 2. The zero-order valence-electron chi connectivity index (χ0n) is 19.0. The molecule has 0 saturated heterocycles. The topological polar surface area (TPSA) is 63.0 Å². The third kappa shape index (κ3) is 7.02. The zero-order valence-corrected chi connectivity index (χ0v) is 19.0. The highest BCUT2D eigenvalue weighted by Gasteiger charge is 2.24. The highest BCUT2D eigenvalue weighted by molar-refractivity contribution is 5.96. The van der Waals surface area contributed by atoms with Gasteiger partial charge in [0.2, 0.25) is 5.91 Å². The van der Waals surface area contributed by atoms with Gasteiger partial charge >= 0.3 is 0 Å². The number of ether oxygens (including phenoxy) is 1. The van der Waals surface area contributed by atoms with Crippen molar-refractivity contribution < 1.29 is 23.1 Å². The summed E-state index contributed by atoms with van der Waals surface area (Å²) in [6.45, 7) is 2.79. The van der Waals surface area contributed by atoms with Crippen LogP contribution in [0.15, 0.2) is 71.1 Å². The fraction of sp³-hybridized carbons (Fsp3) is 0.308. The average Bonchev–Trinajstić information content (AvgIpc) is 3.24. The van der Waals surface area contributed by atoms with Crippen molar-refractivity contribution in [2.45, 2.75) is 19.9 Å². The number of hydrogen-bond acceptors (Lipinski definition) is 4. The van der Waals surface area contributed by atoms with Gasteiger partial charge < -0.3 is 19.0 Å². The monoisotopic (exact) mass is 452 g/mol. The Labute approximate surface area is 193 Å². The first kappa shape index (κ1) is 24.2. The van der Waals surface area contributed by atoms with Crippen molar-refractivity contribution in [2.24, 2.45) is 0 Å². The SMILES string of the molecule is COCCN(CC(=O)N(CCc1ccccc1)Cc1ccc(C)o1)C(=O)c1ccccc1F. The molecule has 1 heterocycles. The number of hydrogen-bond donors (Lipinski definition) is 0. The Morgan fingerprint density at radius 1 is 0.939 bits per heavy atom. The van der Waals surface area contributed by atoms with Crippen LogP contribution in [0.4, 0.5) is 4.39 Å². The van der Waals surface area contributed by atoms with Crippen LogP contribution < -0.4 is 0 Å². The molecule has 7 heteroatoms. The Morgan fingerprint density at radius 3 is 2.33 bits per heavy atom. The summed E-state index contributed by atoms with van der Waals surface area (Å²) < 4.78 is 25.0. The highest BCUT2D eigenvalue weighted by atomic mass is 19.1. The summed E-state index contributed by atoms with van der Waals surface area (Å²) in [5.74, 6) is 0.00943. The fourth-order valence-corrected chi connectivity index (χ4v) is 3.48. The van der Waals surface area contributed by atoms with Crippen LogP contribution in [0, 0.1) is 12.7 Å². The lowest BCUT2D eigenvalue weighted by atomic mass is 10.1. The molecule has 0 radical (unpaired) electrons. The van der Waals surface area contributed by atoms with E-state index in [1.165, 1.54) is 30.2 Å². The molecule has 0 saturated carbocycles. The van der Waals surface area contributed by atoms with E-state index in [-0.39, 0.29) is 37.7 Å². The van der Waals surface area contributed by atoms with E-state index in [0.29, 0.717) is 18.7 Å². The van der Waals surface area contributed by atoms with Crippen LogP contribution >= 0.6 is 0 Å². The third-order valence-electron chi connectivity index (χ3n) is 5.29.